The van der Waals surface area contributed by atoms with Gasteiger partial charge < -0.3 is 4.74 Å². The Morgan fingerprint density at radius 3 is 2.26 bits per heavy atom. The average Bonchev–Trinajstić information content (AvgIpc) is 2.87. The molecule has 6 heteroatoms. The van der Waals surface area contributed by atoms with Crippen molar-refractivity contribution in [2.45, 2.75) is 24.8 Å². The van der Waals surface area contributed by atoms with Crippen LogP contribution in [0.4, 0.5) is 13.2 Å². The second kappa shape index (κ2) is 5.98. The van der Waals surface area contributed by atoms with Crippen molar-refractivity contribution in [2.24, 2.45) is 0 Å². The van der Waals surface area contributed by atoms with E-state index in [0.29, 0.717) is 16.1 Å². The number of hydrogen-bond donors (Lipinski definition) is 0. The zero-order chi connectivity index (χ0) is 16.6. The molecule has 0 aliphatic carbocycles. The molecule has 1 aliphatic heterocycles. The molecule has 0 N–H and O–H groups in total. The SMILES string of the molecule is O=C(CC1OC(C(F)(F)F)c2ccccc21)c1ccc(Cl)cc1. The van der Waals surface area contributed by atoms with Crippen molar-refractivity contribution >= 4 is 17.4 Å². The maximum Gasteiger partial charge on any atom is 0.418 e. The van der Waals surface area contributed by atoms with Crippen LogP contribution in [0, 0.1) is 0 Å². The first-order valence-corrected chi connectivity index (χ1v) is 7.34. The van der Waals surface area contributed by atoms with E-state index in [2.05, 4.69) is 0 Å². The van der Waals surface area contributed by atoms with Crippen LogP contribution in [0.25, 0.3) is 0 Å². The molecule has 3 rings (SSSR count). The molecule has 2 unspecified atom stereocenters. The Morgan fingerprint density at radius 2 is 1.65 bits per heavy atom. The van der Waals surface area contributed by atoms with Gasteiger partial charge in [-0.05, 0) is 35.4 Å². The third-order valence-corrected chi connectivity index (χ3v) is 4.01. The number of ketones is 1. The number of hydrogen-bond acceptors (Lipinski definition) is 2. The van der Waals surface area contributed by atoms with Gasteiger partial charge in [-0.3, -0.25) is 4.79 Å². The minimum Gasteiger partial charge on any atom is -0.356 e. The lowest BCUT2D eigenvalue weighted by Gasteiger charge is -2.17. The largest absolute Gasteiger partial charge is 0.418 e. The lowest BCUT2D eigenvalue weighted by atomic mass is 9.97. The first-order chi connectivity index (χ1) is 10.9. The monoisotopic (exact) mass is 340 g/mol. The van der Waals surface area contributed by atoms with E-state index in [1.165, 1.54) is 12.1 Å². The predicted octanol–water partition coefficient (Wildman–Crippen LogP) is 5.29. The van der Waals surface area contributed by atoms with E-state index in [1.807, 2.05) is 0 Å². The van der Waals surface area contributed by atoms with Crippen LogP contribution in [-0.2, 0) is 4.74 Å². The molecule has 1 aliphatic rings. The first-order valence-electron chi connectivity index (χ1n) is 6.96. The highest BCUT2D eigenvalue weighted by Gasteiger charge is 2.49. The van der Waals surface area contributed by atoms with Gasteiger partial charge >= 0.3 is 6.18 Å². The number of halogens is 4. The van der Waals surface area contributed by atoms with Crippen LogP contribution in [0.1, 0.15) is 40.1 Å². The molecule has 0 bridgehead atoms. The molecule has 0 spiro atoms. The van der Waals surface area contributed by atoms with Crippen molar-refractivity contribution < 1.29 is 22.7 Å². The number of carbonyl (C=O) groups is 1. The molecule has 0 saturated heterocycles. The maximum atomic E-state index is 13.1. The molecule has 0 aromatic heterocycles. The van der Waals surface area contributed by atoms with E-state index >= 15 is 0 Å². The summed E-state index contributed by atoms with van der Waals surface area (Å²) >= 11 is 5.76. The molecule has 2 aromatic rings. The summed E-state index contributed by atoms with van der Waals surface area (Å²) in [4.78, 5) is 12.3. The highest BCUT2D eigenvalue weighted by atomic mass is 35.5. The quantitative estimate of drug-likeness (QED) is 0.710. The first kappa shape index (κ1) is 16.0. The van der Waals surface area contributed by atoms with Gasteiger partial charge in [0, 0.05) is 17.0 Å². The van der Waals surface area contributed by atoms with Gasteiger partial charge in [0.2, 0.25) is 0 Å². The van der Waals surface area contributed by atoms with Gasteiger partial charge in [0.15, 0.2) is 11.9 Å². The number of ether oxygens (including phenoxy) is 1. The van der Waals surface area contributed by atoms with E-state index in [4.69, 9.17) is 16.3 Å². The molecule has 23 heavy (non-hydrogen) atoms. The summed E-state index contributed by atoms with van der Waals surface area (Å²) in [5.74, 6) is -0.288. The van der Waals surface area contributed by atoms with E-state index in [9.17, 15) is 18.0 Å². The summed E-state index contributed by atoms with van der Waals surface area (Å²) in [5.41, 5.74) is 0.886. The maximum absolute atomic E-state index is 13.1. The summed E-state index contributed by atoms with van der Waals surface area (Å²) < 4.78 is 44.4. The van der Waals surface area contributed by atoms with Gasteiger partial charge in [0.1, 0.15) is 0 Å². The number of benzene rings is 2. The molecule has 0 radical (unpaired) electrons. The van der Waals surface area contributed by atoms with Gasteiger partial charge in [-0.2, -0.15) is 13.2 Å². The van der Waals surface area contributed by atoms with Crippen LogP contribution in [0.5, 0.6) is 0 Å². The summed E-state index contributed by atoms with van der Waals surface area (Å²) in [5, 5.41) is 0.487. The molecule has 0 saturated carbocycles. The predicted molar refractivity (Wildman–Crippen MR) is 79.5 cm³/mol. The Labute approximate surface area is 135 Å². The topological polar surface area (TPSA) is 26.3 Å². The second-order valence-electron chi connectivity index (χ2n) is 5.31. The Bertz CT molecular complexity index is 725. The molecular formula is C17H12ClF3O2. The van der Waals surface area contributed by atoms with Crippen molar-refractivity contribution in [3.05, 3.63) is 70.2 Å². The Kier molecular flexibility index (Phi) is 4.17. The molecule has 2 atom stereocenters. The van der Waals surface area contributed by atoms with Crippen molar-refractivity contribution in [3.63, 3.8) is 0 Å². The smallest absolute Gasteiger partial charge is 0.356 e. The normalized spacial score (nSPS) is 20.3. The van der Waals surface area contributed by atoms with E-state index in [0.717, 1.165) is 0 Å². The zero-order valence-corrected chi connectivity index (χ0v) is 12.6. The van der Waals surface area contributed by atoms with Gasteiger partial charge in [0.05, 0.1) is 6.10 Å². The zero-order valence-electron chi connectivity index (χ0n) is 11.8. The summed E-state index contributed by atoms with van der Waals surface area (Å²) in [6, 6.07) is 12.4. The van der Waals surface area contributed by atoms with E-state index in [1.54, 1.807) is 36.4 Å². The lowest BCUT2D eigenvalue weighted by Crippen LogP contribution is -2.20. The summed E-state index contributed by atoms with van der Waals surface area (Å²) in [7, 11) is 0. The van der Waals surface area contributed by atoms with Gasteiger partial charge in [-0.25, -0.2) is 0 Å². The minimum atomic E-state index is -4.51. The molecule has 2 nitrogen and oxygen atoms in total. The number of carbonyl (C=O) groups excluding carboxylic acids is 1. The highest BCUT2D eigenvalue weighted by molar-refractivity contribution is 6.30. The van der Waals surface area contributed by atoms with Crippen molar-refractivity contribution in [3.8, 4) is 0 Å². The number of alkyl halides is 3. The minimum absolute atomic E-state index is 0.0777. The Morgan fingerprint density at radius 1 is 1.04 bits per heavy atom. The molecule has 0 fully saturated rings. The van der Waals surface area contributed by atoms with Crippen molar-refractivity contribution in [1.29, 1.82) is 0 Å². The summed E-state index contributed by atoms with van der Waals surface area (Å²) in [6.45, 7) is 0. The van der Waals surface area contributed by atoms with Crippen LogP contribution >= 0.6 is 11.6 Å². The van der Waals surface area contributed by atoms with Gasteiger partial charge in [-0.1, -0.05) is 35.9 Å². The van der Waals surface area contributed by atoms with E-state index < -0.39 is 18.4 Å². The standard InChI is InChI=1S/C17H12ClF3O2/c18-11-7-5-10(6-8-11)14(22)9-15-12-3-1-2-4-13(12)16(23-15)17(19,20)21/h1-8,15-16H,9H2. The van der Waals surface area contributed by atoms with Gasteiger partial charge in [-0.15, -0.1) is 0 Å². The van der Waals surface area contributed by atoms with Crippen LogP contribution in [0.15, 0.2) is 48.5 Å². The Balaban J connectivity index is 1.84. The fourth-order valence-electron chi connectivity index (χ4n) is 2.69. The molecule has 2 aromatic carbocycles. The lowest BCUT2D eigenvalue weighted by molar-refractivity contribution is -0.228. The molecule has 1 heterocycles. The van der Waals surface area contributed by atoms with E-state index in [-0.39, 0.29) is 17.8 Å². The third-order valence-electron chi connectivity index (χ3n) is 3.76. The molecule has 0 amide bonds. The van der Waals surface area contributed by atoms with Crippen molar-refractivity contribution in [1.82, 2.24) is 0 Å². The fourth-order valence-corrected chi connectivity index (χ4v) is 2.81. The van der Waals surface area contributed by atoms with Gasteiger partial charge in [0.25, 0.3) is 0 Å². The highest BCUT2D eigenvalue weighted by Crippen LogP contribution is 2.48. The number of fused-ring (bicyclic) bond motifs is 1. The molecular weight excluding hydrogens is 329 g/mol. The third kappa shape index (κ3) is 3.26. The molecule has 120 valence electrons. The van der Waals surface area contributed by atoms with Crippen LogP contribution < -0.4 is 0 Å². The van der Waals surface area contributed by atoms with Crippen LogP contribution in [0.2, 0.25) is 5.02 Å². The average molecular weight is 341 g/mol. The number of rotatable bonds is 3. The number of Topliss-reactive ketones (excluding diaryl/α,β-unsaturated/α-hetero) is 1. The van der Waals surface area contributed by atoms with Crippen LogP contribution in [-0.4, -0.2) is 12.0 Å². The Hall–Kier alpha value is -1.85. The van der Waals surface area contributed by atoms with Crippen molar-refractivity contribution in [2.75, 3.05) is 0 Å². The second-order valence-corrected chi connectivity index (χ2v) is 5.75. The van der Waals surface area contributed by atoms with Crippen LogP contribution in [0.3, 0.4) is 0 Å². The summed E-state index contributed by atoms with van der Waals surface area (Å²) in [6.07, 6.45) is -7.54. The fraction of sp³-hybridized carbons (Fsp3) is 0.235.